The van der Waals surface area contributed by atoms with E-state index in [9.17, 15) is 13.6 Å². The first-order chi connectivity index (χ1) is 6.09. The molecule has 3 nitrogen and oxygen atoms in total. The largest absolute Gasteiger partial charge is 0.345 e. The second kappa shape index (κ2) is 4.50. The smallest absolute Gasteiger partial charge is 0.343 e. The van der Waals surface area contributed by atoms with Crippen molar-refractivity contribution >= 4 is 5.91 Å². The lowest BCUT2D eigenvalue weighted by Crippen LogP contribution is -2.40. The van der Waals surface area contributed by atoms with Gasteiger partial charge in [0.05, 0.1) is 6.10 Å². The summed E-state index contributed by atoms with van der Waals surface area (Å²) in [6.45, 7) is -0.179. The molecule has 1 amide bonds. The molecule has 0 saturated carbocycles. The van der Waals surface area contributed by atoms with Gasteiger partial charge in [-0.25, -0.2) is 0 Å². The van der Waals surface area contributed by atoms with E-state index in [-0.39, 0.29) is 5.91 Å². The SMILES string of the molecule is CC(=O)N1CCC(OC(F)F)CC1. The van der Waals surface area contributed by atoms with E-state index >= 15 is 0 Å². The number of ether oxygens (including phenoxy) is 1. The minimum atomic E-state index is -2.70. The quantitative estimate of drug-likeness (QED) is 0.660. The van der Waals surface area contributed by atoms with Crippen LogP contribution in [0.15, 0.2) is 0 Å². The van der Waals surface area contributed by atoms with Crippen molar-refractivity contribution in [2.45, 2.75) is 32.5 Å². The summed E-state index contributed by atoms with van der Waals surface area (Å²) in [4.78, 5) is 12.5. The molecular weight excluding hydrogens is 180 g/mol. The van der Waals surface area contributed by atoms with Gasteiger partial charge >= 0.3 is 6.61 Å². The van der Waals surface area contributed by atoms with Gasteiger partial charge in [-0.3, -0.25) is 4.79 Å². The van der Waals surface area contributed by atoms with Gasteiger partial charge in [0.2, 0.25) is 5.91 Å². The molecule has 1 fully saturated rings. The molecule has 0 spiro atoms. The van der Waals surface area contributed by atoms with Crippen molar-refractivity contribution in [1.82, 2.24) is 4.90 Å². The van der Waals surface area contributed by atoms with E-state index in [0.717, 1.165) is 0 Å². The number of halogens is 2. The zero-order valence-corrected chi connectivity index (χ0v) is 7.50. The predicted octanol–water partition coefficient (Wildman–Crippen LogP) is 1.24. The van der Waals surface area contributed by atoms with Crippen LogP contribution >= 0.6 is 0 Å². The number of piperidine rings is 1. The zero-order valence-electron chi connectivity index (χ0n) is 7.50. The third kappa shape index (κ3) is 3.26. The normalized spacial score (nSPS) is 19.5. The van der Waals surface area contributed by atoms with Crippen LogP contribution in [0.4, 0.5) is 8.78 Å². The maximum absolute atomic E-state index is 11.8. The lowest BCUT2D eigenvalue weighted by Gasteiger charge is -2.30. The van der Waals surface area contributed by atoms with Gasteiger partial charge in [-0.1, -0.05) is 0 Å². The first-order valence-corrected chi connectivity index (χ1v) is 4.28. The molecule has 1 heterocycles. The number of hydrogen-bond donors (Lipinski definition) is 0. The fourth-order valence-electron chi connectivity index (χ4n) is 1.45. The Labute approximate surface area is 75.7 Å². The lowest BCUT2D eigenvalue weighted by molar-refractivity contribution is -0.173. The first-order valence-electron chi connectivity index (χ1n) is 4.28. The Morgan fingerprint density at radius 1 is 1.46 bits per heavy atom. The molecule has 0 bridgehead atoms. The molecule has 0 aromatic carbocycles. The molecule has 1 saturated heterocycles. The predicted molar refractivity (Wildman–Crippen MR) is 42.4 cm³/mol. The van der Waals surface area contributed by atoms with E-state index in [1.807, 2.05) is 0 Å². The monoisotopic (exact) mass is 193 g/mol. The molecule has 1 rings (SSSR count). The fraction of sp³-hybridized carbons (Fsp3) is 0.875. The third-order valence-electron chi connectivity index (χ3n) is 2.18. The van der Waals surface area contributed by atoms with Crippen molar-refractivity contribution < 1.29 is 18.3 Å². The van der Waals surface area contributed by atoms with Crippen molar-refractivity contribution in [2.75, 3.05) is 13.1 Å². The summed E-state index contributed by atoms with van der Waals surface area (Å²) >= 11 is 0. The molecule has 0 aliphatic carbocycles. The van der Waals surface area contributed by atoms with Crippen LogP contribution in [0.25, 0.3) is 0 Å². The van der Waals surface area contributed by atoms with Gasteiger partial charge in [0.1, 0.15) is 0 Å². The van der Waals surface area contributed by atoms with Crippen LogP contribution in [0.1, 0.15) is 19.8 Å². The molecule has 0 radical (unpaired) electrons. The molecule has 0 aromatic rings. The Kier molecular flexibility index (Phi) is 3.59. The van der Waals surface area contributed by atoms with Gasteiger partial charge in [-0.05, 0) is 12.8 Å². The number of rotatable bonds is 2. The van der Waals surface area contributed by atoms with Crippen molar-refractivity contribution in [1.29, 1.82) is 0 Å². The van der Waals surface area contributed by atoms with E-state index in [1.165, 1.54) is 6.92 Å². The molecule has 0 N–H and O–H groups in total. The summed E-state index contributed by atoms with van der Waals surface area (Å²) in [5.41, 5.74) is 0. The maximum Gasteiger partial charge on any atom is 0.345 e. The van der Waals surface area contributed by atoms with Crippen molar-refractivity contribution in [3.63, 3.8) is 0 Å². The molecule has 1 aliphatic rings. The first kappa shape index (κ1) is 10.4. The number of amides is 1. The van der Waals surface area contributed by atoms with Gasteiger partial charge in [0.15, 0.2) is 0 Å². The van der Waals surface area contributed by atoms with Gasteiger partial charge in [-0.2, -0.15) is 8.78 Å². The number of hydrogen-bond acceptors (Lipinski definition) is 2. The van der Waals surface area contributed by atoms with Crippen LogP contribution < -0.4 is 0 Å². The Bertz CT molecular complexity index is 179. The van der Waals surface area contributed by atoms with E-state index in [1.54, 1.807) is 4.90 Å². The second-order valence-electron chi connectivity index (χ2n) is 3.10. The minimum Gasteiger partial charge on any atom is -0.343 e. The highest BCUT2D eigenvalue weighted by Crippen LogP contribution is 2.16. The number of carbonyl (C=O) groups excluding carboxylic acids is 1. The Hall–Kier alpha value is -0.710. The van der Waals surface area contributed by atoms with E-state index in [4.69, 9.17) is 0 Å². The summed E-state index contributed by atoms with van der Waals surface area (Å²) in [7, 11) is 0. The lowest BCUT2D eigenvalue weighted by atomic mass is 10.1. The molecule has 76 valence electrons. The molecule has 0 aromatic heterocycles. The van der Waals surface area contributed by atoms with E-state index < -0.39 is 12.7 Å². The second-order valence-corrected chi connectivity index (χ2v) is 3.10. The number of likely N-dealkylation sites (tertiary alicyclic amines) is 1. The minimum absolute atomic E-state index is 0.00417. The van der Waals surface area contributed by atoms with E-state index in [0.29, 0.717) is 25.9 Å². The van der Waals surface area contributed by atoms with Gasteiger partial charge in [-0.15, -0.1) is 0 Å². The maximum atomic E-state index is 11.8. The summed E-state index contributed by atoms with van der Waals surface area (Å²) in [5, 5.41) is 0. The highest BCUT2D eigenvalue weighted by Gasteiger charge is 2.23. The number of carbonyl (C=O) groups is 1. The molecule has 5 heteroatoms. The van der Waals surface area contributed by atoms with Crippen LogP contribution in [0.2, 0.25) is 0 Å². The van der Waals surface area contributed by atoms with Crippen LogP contribution in [-0.2, 0) is 9.53 Å². The highest BCUT2D eigenvalue weighted by atomic mass is 19.3. The van der Waals surface area contributed by atoms with Crippen LogP contribution in [0.3, 0.4) is 0 Å². The zero-order chi connectivity index (χ0) is 9.84. The highest BCUT2D eigenvalue weighted by molar-refractivity contribution is 5.73. The molecule has 0 atom stereocenters. The molecule has 0 unspecified atom stereocenters. The van der Waals surface area contributed by atoms with Crippen LogP contribution in [0.5, 0.6) is 0 Å². The van der Waals surface area contributed by atoms with Crippen molar-refractivity contribution in [2.24, 2.45) is 0 Å². The van der Waals surface area contributed by atoms with Crippen molar-refractivity contribution in [3.8, 4) is 0 Å². The van der Waals surface area contributed by atoms with Gasteiger partial charge in [0, 0.05) is 20.0 Å². The Morgan fingerprint density at radius 2 is 2.00 bits per heavy atom. The van der Waals surface area contributed by atoms with Gasteiger partial charge in [0.25, 0.3) is 0 Å². The summed E-state index contributed by atoms with van der Waals surface area (Å²) in [5.74, 6) is -0.00417. The summed E-state index contributed by atoms with van der Waals surface area (Å²) < 4.78 is 27.9. The topological polar surface area (TPSA) is 29.5 Å². The van der Waals surface area contributed by atoms with Crippen LogP contribution in [-0.4, -0.2) is 36.6 Å². The summed E-state index contributed by atoms with van der Waals surface area (Å²) in [6.07, 6.45) is 0.615. The third-order valence-corrected chi connectivity index (χ3v) is 2.18. The van der Waals surface area contributed by atoms with Gasteiger partial charge < -0.3 is 9.64 Å². The van der Waals surface area contributed by atoms with E-state index in [2.05, 4.69) is 4.74 Å². The number of nitrogens with zero attached hydrogens (tertiary/aromatic N) is 1. The molecular formula is C8H13F2NO2. The average Bonchev–Trinajstić information content (AvgIpc) is 2.04. The van der Waals surface area contributed by atoms with Crippen LogP contribution in [0, 0.1) is 0 Å². The number of alkyl halides is 2. The Balaban J connectivity index is 2.26. The molecule has 13 heavy (non-hydrogen) atoms. The standard InChI is InChI=1S/C8H13F2NO2/c1-6(12)11-4-2-7(3-5-11)13-8(9)10/h7-8H,2-5H2,1H3. The Morgan fingerprint density at radius 3 is 2.38 bits per heavy atom. The fourth-order valence-corrected chi connectivity index (χ4v) is 1.45. The molecule has 1 aliphatic heterocycles. The summed E-state index contributed by atoms with van der Waals surface area (Å²) in [6, 6.07) is 0. The average molecular weight is 193 g/mol. The van der Waals surface area contributed by atoms with Crippen molar-refractivity contribution in [3.05, 3.63) is 0 Å².